The van der Waals surface area contributed by atoms with Crippen LogP contribution in [0.3, 0.4) is 0 Å². The molecule has 2 fully saturated rings. The van der Waals surface area contributed by atoms with Crippen molar-refractivity contribution >= 4 is 16.9 Å². The van der Waals surface area contributed by atoms with Gasteiger partial charge in [-0.3, -0.25) is 4.79 Å². The molecule has 4 rings (SSSR count). The van der Waals surface area contributed by atoms with E-state index in [0.717, 1.165) is 24.8 Å². The lowest BCUT2D eigenvalue weighted by Crippen LogP contribution is -2.33. The minimum Gasteiger partial charge on any atom is -0.480 e. The highest BCUT2D eigenvalue weighted by atomic mass is 16.5. The van der Waals surface area contributed by atoms with Crippen LogP contribution >= 0.6 is 0 Å². The molecule has 5 heteroatoms. The van der Waals surface area contributed by atoms with Crippen molar-refractivity contribution in [3.63, 3.8) is 0 Å². The fraction of sp³-hybridized carbons (Fsp3) is 0.375. The van der Waals surface area contributed by atoms with Crippen LogP contribution in [0.15, 0.2) is 39.5 Å². The molecule has 0 N–H and O–H groups in total. The molecular weight excluding hydrogens is 270 g/mol. The van der Waals surface area contributed by atoms with Gasteiger partial charge in [-0.1, -0.05) is 0 Å². The van der Waals surface area contributed by atoms with Gasteiger partial charge >= 0.3 is 5.63 Å². The summed E-state index contributed by atoms with van der Waals surface area (Å²) >= 11 is 0. The Hall–Kier alpha value is -2.30. The van der Waals surface area contributed by atoms with Crippen LogP contribution in [0, 0.1) is 0 Å². The quantitative estimate of drug-likeness (QED) is 0.809. The van der Waals surface area contributed by atoms with Crippen LogP contribution in [0.2, 0.25) is 0 Å². The van der Waals surface area contributed by atoms with E-state index in [0.29, 0.717) is 23.8 Å². The molecule has 2 aromatic rings. The van der Waals surface area contributed by atoms with Crippen LogP contribution in [0.1, 0.15) is 19.3 Å². The van der Waals surface area contributed by atoms with Gasteiger partial charge in [0.1, 0.15) is 11.3 Å². The van der Waals surface area contributed by atoms with E-state index < -0.39 is 11.7 Å². The molecule has 1 saturated heterocycles. The van der Waals surface area contributed by atoms with E-state index in [4.69, 9.17) is 9.15 Å². The van der Waals surface area contributed by atoms with Gasteiger partial charge in [-0.15, -0.1) is 0 Å². The molecule has 0 spiro atoms. The van der Waals surface area contributed by atoms with E-state index in [1.165, 1.54) is 6.07 Å². The lowest BCUT2D eigenvalue weighted by molar-refractivity contribution is -0.133. The molecule has 1 aliphatic carbocycles. The smallest absolute Gasteiger partial charge is 0.336 e. The van der Waals surface area contributed by atoms with Gasteiger partial charge in [0.2, 0.25) is 0 Å². The van der Waals surface area contributed by atoms with E-state index in [1.54, 1.807) is 18.2 Å². The van der Waals surface area contributed by atoms with Crippen LogP contribution in [-0.2, 0) is 4.79 Å². The lowest BCUT2D eigenvalue weighted by Gasteiger charge is -2.16. The third-order valence-electron chi connectivity index (χ3n) is 4.05. The van der Waals surface area contributed by atoms with Crippen molar-refractivity contribution < 1.29 is 13.9 Å². The molecular formula is C16H15NO4. The molecule has 2 aliphatic rings. The van der Waals surface area contributed by atoms with Gasteiger partial charge in [-0.25, -0.2) is 4.79 Å². The summed E-state index contributed by atoms with van der Waals surface area (Å²) in [5, 5.41) is 0.833. The van der Waals surface area contributed by atoms with Gasteiger partial charge in [0, 0.05) is 36.5 Å². The Morgan fingerprint density at radius 3 is 2.71 bits per heavy atom. The first-order valence-electron chi connectivity index (χ1n) is 7.22. The molecule has 0 radical (unpaired) electrons. The largest absolute Gasteiger partial charge is 0.480 e. The fourth-order valence-electron chi connectivity index (χ4n) is 2.81. The number of rotatable bonds is 3. The van der Waals surface area contributed by atoms with Crippen molar-refractivity contribution in [1.82, 2.24) is 4.90 Å². The van der Waals surface area contributed by atoms with E-state index in [1.807, 2.05) is 11.0 Å². The number of ether oxygens (including phenoxy) is 1. The standard InChI is InChI=1S/C16H15NO4/c18-15-6-2-10-1-5-12(9-14(10)21-15)20-13-7-8-17(16(13)19)11-3-4-11/h1-2,5-6,9,11,13H,3-4,7-8H2. The minimum atomic E-state index is -0.418. The average molecular weight is 285 g/mol. The van der Waals surface area contributed by atoms with Crippen LogP contribution in [0.4, 0.5) is 0 Å². The van der Waals surface area contributed by atoms with Gasteiger partial charge in [-0.2, -0.15) is 0 Å². The Labute approximate surface area is 121 Å². The zero-order valence-electron chi connectivity index (χ0n) is 11.5. The van der Waals surface area contributed by atoms with Crippen molar-refractivity contribution in [2.24, 2.45) is 0 Å². The summed E-state index contributed by atoms with van der Waals surface area (Å²) in [5.74, 6) is 0.639. The Balaban J connectivity index is 1.56. The molecule has 1 aromatic carbocycles. The second-order valence-electron chi connectivity index (χ2n) is 5.61. The molecule has 5 nitrogen and oxygen atoms in total. The summed E-state index contributed by atoms with van der Waals surface area (Å²) in [4.78, 5) is 25.4. The summed E-state index contributed by atoms with van der Waals surface area (Å²) in [7, 11) is 0. The van der Waals surface area contributed by atoms with Crippen molar-refractivity contribution in [3.8, 4) is 5.75 Å². The second-order valence-corrected chi connectivity index (χ2v) is 5.61. The molecule has 1 unspecified atom stereocenters. The van der Waals surface area contributed by atoms with Crippen LogP contribution < -0.4 is 10.4 Å². The van der Waals surface area contributed by atoms with Crippen molar-refractivity contribution in [2.45, 2.75) is 31.4 Å². The van der Waals surface area contributed by atoms with Crippen LogP contribution in [-0.4, -0.2) is 29.5 Å². The van der Waals surface area contributed by atoms with Crippen molar-refractivity contribution in [2.75, 3.05) is 6.54 Å². The highest BCUT2D eigenvalue weighted by Gasteiger charge is 2.41. The number of hydrogen-bond acceptors (Lipinski definition) is 4. The number of hydrogen-bond donors (Lipinski definition) is 0. The van der Waals surface area contributed by atoms with Crippen molar-refractivity contribution in [1.29, 1.82) is 0 Å². The highest BCUT2D eigenvalue weighted by Crippen LogP contribution is 2.32. The molecule has 2 heterocycles. The highest BCUT2D eigenvalue weighted by molar-refractivity contribution is 5.84. The summed E-state index contributed by atoms with van der Waals surface area (Å²) in [6, 6.07) is 8.82. The molecule has 1 atom stereocenters. The first-order valence-corrected chi connectivity index (χ1v) is 7.22. The maximum absolute atomic E-state index is 12.2. The topological polar surface area (TPSA) is 59.8 Å². The lowest BCUT2D eigenvalue weighted by atomic mass is 10.2. The maximum Gasteiger partial charge on any atom is 0.336 e. The molecule has 0 bridgehead atoms. The monoisotopic (exact) mass is 285 g/mol. The molecule has 1 aromatic heterocycles. The summed E-state index contributed by atoms with van der Waals surface area (Å²) in [6.07, 6.45) is 2.52. The summed E-state index contributed by atoms with van der Waals surface area (Å²) in [5.41, 5.74) is 0.0843. The first kappa shape index (κ1) is 12.4. The molecule has 1 aliphatic heterocycles. The predicted octanol–water partition coefficient (Wildman–Crippen LogP) is 1.94. The minimum absolute atomic E-state index is 0.0760. The number of likely N-dealkylation sites (tertiary alicyclic amines) is 1. The van der Waals surface area contributed by atoms with Gasteiger partial charge in [0.05, 0.1) is 0 Å². The zero-order chi connectivity index (χ0) is 14.4. The maximum atomic E-state index is 12.2. The van der Waals surface area contributed by atoms with E-state index >= 15 is 0 Å². The SMILES string of the molecule is O=C1C(Oc2ccc3ccc(=O)oc3c2)CCN1C1CC1. The predicted molar refractivity (Wildman–Crippen MR) is 76.3 cm³/mol. The zero-order valence-corrected chi connectivity index (χ0v) is 11.5. The first-order chi connectivity index (χ1) is 10.2. The number of carbonyl (C=O) groups excluding carboxylic acids is 1. The number of nitrogens with zero attached hydrogens (tertiary/aromatic N) is 1. The van der Waals surface area contributed by atoms with E-state index in [9.17, 15) is 9.59 Å². The Kier molecular flexibility index (Phi) is 2.74. The number of carbonyl (C=O) groups is 1. The third-order valence-corrected chi connectivity index (χ3v) is 4.05. The molecule has 1 saturated carbocycles. The van der Waals surface area contributed by atoms with Crippen molar-refractivity contribution in [3.05, 3.63) is 40.8 Å². The Morgan fingerprint density at radius 2 is 1.90 bits per heavy atom. The molecule has 108 valence electrons. The van der Waals surface area contributed by atoms with Crippen LogP contribution in [0.25, 0.3) is 11.0 Å². The Bertz CT molecular complexity index is 762. The number of fused-ring (bicyclic) bond motifs is 1. The fourth-order valence-corrected chi connectivity index (χ4v) is 2.81. The number of benzene rings is 1. The normalized spacial score (nSPS) is 22.0. The summed E-state index contributed by atoms with van der Waals surface area (Å²) < 4.78 is 10.9. The third kappa shape index (κ3) is 2.28. The van der Waals surface area contributed by atoms with E-state index in [-0.39, 0.29) is 5.91 Å². The summed E-state index contributed by atoms with van der Waals surface area (Å²) in [6.45, 7) is 0.775. The van der Waals surface area contributed by atoms with Crippen LogP contribution in [0.5, 0.6) is 5.75 Å². The van der Waals surface area contributed by atoms with Gasteiger partial charge < -0.3 is 14.1 Å². The average Bonchev–Trinajstić information content (AvgIpc) is 3.25. The second kappa shape index (κ2) is 4.62. The number of amides is 1. The van der Waals surface area contributed by atoms with Gasteiger partial charge in [-0.05, 0) is 31.0 Å². The Morgan fingerprint density at radius 1 is 1.10 bits per heavy atom. The molecule has 21 heavy (non-hydrogen) atoms. The van der Waals surface area contributed by atoms with E-state index in [2.05, 4.69) is 0 Å². The van der Waals surface area contributed by atoms with Gasteiger partial charge in [0.25, 0.3) is 5.91 Å². The molecule has 1 amide bonds. The van der Waals surface area contributed by atoms with Gasteiger partial charge in [0.15, 0.2) is 6.10 Å².